The molecule has 21 heavy (non-hydrogen) atoms. The molecule has 0 saturated carbocycles. The largest absolute Gasteiger partial charge is 0.479 e. The van der Waals surface area contributed by atoms with Crippen LogP contribution in [0.4, 0.5) is 0 Å². The molecule has 7 heteroatoms. The Balaban J connectivity index is 1.65. The first-order valence-corrected chi connectivity index (χ1v) is 7.25. The van der Waals surface area contributed by atoms with E-state index in [1.165, 1.54) is 0 Å². The molecule has 3 atom stereocenters. The predicted octanol–water partition coefficient (Wildman–Crippen LogP) is 0.546. The van der Waals surface area contributed by atoms with Gasteiger partial charge >= 0.3 is 5.97 Å². The summed E-state index contributed by atoms with van der Waals surface area (Å²) in [7, 11) is 1.90. The molecule has 2 N–H and O–H groups in total. The fourth-order valence-corrected chi connectivity index (χ4v) is 3.13. The van der Waals surface area contributed by atoms with Gasteiger partial charge in [0.25, 0.3) is 0 Å². The van der Waals surface area contributed by atoms with Crippen molar-refractivity contribution in [2.45, 2.75) is 50.4 Å². The van der Waals surface area contributed by atoms with Crippen LogP contribution < -0.4 is 5.32 Å². The smallest absolute Gasteiger partial charge is 0.332 e. The lowest BCUT2D eigenvalue weighted by Gasteiger charge is -2.25. The van der Waals surface area contributed by atoms with E-state index in [9.17, 15) is 9.59 Å². The number of amides is 1. The van der Waals surface area contributed by atoms with Crippen LogP contribution in [0.25, 0.3) is 0 Å². The molecule has 1 aromatic rings. The standard InChI is InChI=1S/C14H19N3O4/c1-17-10-4-2-3-9(8(10)7-15-17)16-13(18)11-5-6-12(21-11)14(19)20/h7,9,11-12H,2-6H2,1H3,(H,16,18)(H,19,20)/t9?,11-,12+/m0/s1. The van der Waals surface area contributed by atoms with Crippen LogP contribution in [-0.2, 0) is 27.8 Å². The van der Waals surface area contributed by atoms with E-state index in [4.69, 9.17) is 9.84 Å². The van der Waals surface area contributed by atoms with Crippen molar-refractivity contribution in [3.63, 3.8) is 0 Å². The van der Waals surface area contributed by atoms with Crippen molar-refractivity contribution in [3.8, 4) is 0 Å². The third kappa shape index (κ3) is 2.65. The summed E-state index contributed by atoms with van der Waals surface area (Å²) in [5, 5.41) is 16.1. The second-order valence-electron chi connectivity index (χ2n) is 5.65. The molecular formula is C14H19N3O4. The van der Waals surface area contributed by atoms with Crippen molar-refractivity contribution in [3.05, 3.63) is 17.5 Å². The quantitative estimate of drug-likeness (QED) is 0.848. The Kier molecular flexibility index (Phi) is 3.67. The van der Waals surface area contributed by atoms with Gasteiger partial charge in [-0.1, -0.05) is 0 Å². The van der Waals surface area contributed by atoms with E-state index >= 15 is 0 Å². The zero-order chi connectivity index (χ0) is 15.0. The zero-order valence-corrected chi connectivity index (χ0v) is 11.9. The number of hydrogen-bond donors (Lipinski definition) is 2. The van der Waals surface area contributed by atoms with Crippen molar-refractivity contribution >= 4 is 11.9 Å². The first kappa shape index (κ1) is 14.1. The highest BCUT2D eigenvalue weighted by atomic mass is 16.5. The van der Waals surface area contributed by atoms with E-state index in [-0.39, 0.29) is 11.9 Å². The van der Waals surface area contributed by atoms with E-state index in [2.05, 4.69) is 10.4 Å². The number of carbonyl (C=O) groups excluding carboxylic acids is 1. The van der Waals surface area contributed by atoms with E-state index in [1.807, 2.05) is 11.7 Å². The van der Waals surface area contributed by atoms with Gasteiger partial charge in [-0.3, -0.25) is 9.48 Å². The number of aryl methyl sites for hydroxylation is 1. The van der Waals surface area contributed by atoms with Crippen molar-refractivity contribution in [2.24, 2.45) is 7.05 Å². The molecule has 1 aliphatic heterocycles. The first-order valence-electron chi connectivity index (χ1n) is 7.25. The second-order valence-corrected chi connectivity index (χ2v) is 5.65. The Morgan fingerprint density at radius 2 is 2.14 bits per heavy atom. The maximum atomic E-state index is 12.2. The van der Waals surface area contributed by atoms with E-state index < -0.39 is 18.2 Å². The Hall–Kier alpha value is -1.89. The molecule has 1 unspecified atom stereocenters. The lowest BCUT2D eigenvalue weighted by molar-refractivity contribution is -0.151. The van der Waals surface area contributed by atoms with Crippen LogP contribution in [0.3, 0.4) is 0 Å². The molecule has 0 aromatic carbocycles. The Bertz CT molecular complexity index is 569. The average molecular weight is 293 g/mol. The molecule has 0 spiro atoms. The van der Waals surface area contributed by atoms with Crippen LogP contribution in [0.2, 0.25) is 0 Å². The number of fused-ring (bicyclic) bond motifs is 1. The molecule has 3 rings (SSSR count). The lowest BCUT2D eigenvalue weighted by atomic mass is 9.93. The van der Waals surface area contributed by atoms with Gasteiger partial charge in [0.1, 0.15) is 6.10 Å². The molecule has 1 aromatic heterocycles. The highest BCUT2D eigenvalue weighted by molar-refractivity contribution is 5.83. The van der Waals surface area contributed by atoms with Crippen LogP contribution in [0.15, 0.2) is 6.20 Å². The van der Waals surface area contributed by atoms with Gasteiger partial charge < -0.3 is 15.2 Å². The molecule has 114 valence electrons. The summed E-state index contributed by atoms with van der Waals surface area (Å²) in [6.45, 7) is 0. The highest BCUT2D eigenvalue weighted by Crippen LogP contribution is 2.30. The van der Waals surface area contributed by atoms with Crippen LogP contribution in [0, 0.1) is 0 Å². The fourth-order valence-electron chi connectivity index (χ4n) is 3.13. The third-order valence-electron chi connectivity index (χ3n) is 4.28. The van der Waals surface area contributed by atoms with Crippen molar-refractivity contribution < 1.29 is 19.4 Å². The molecule has 2 aliphatic rings. The Morgan fingerprint density at radius 3 is 2.86 bits per heavy atom. The number of carboxylic acids is 1. The minimum Gasteiger partial charge on any atom is -0.479 e. The van der Waals surface area contributed by atoms with Gasteiger partial charge in [0, 0.05) is 18.3 Å². The van der Waals surface area contributed by atoms with E-state index in [0.29, 0.717) is 12.8 Å². The molecule has 1 fully saturated rings. The molecule has 1 aliphatic carbocycles. The van der Waals surface area contributed by atoms with Crippen LogP contribution in [0.5, 0.6) is 0 Å². The maximum Gasteiger partial charge on any atom is 0.332 e. The number of nitrogens with zero attached hydrogens (tertiary/aromatic N) is 2. The minimum absolute atomic E-state index is 0.0533. The molecule has 1 saturated heterocycles. The number of hydrogen-bond acceptors (Lipinski definition) is 4. The van der Waals surface area contributed by atoms with Gasteiger partial charge in [-0.25, -0.2) is 4.79 Å². The summed E-state index contributed by atoms with van der Waals surface area (Å²) in [4.78, 5) is 23.1. The number of carboxylic acid groups (broad SMARTS) is 1. The molecule has 0 radical (unpaired) electrons. The summed E-state index contributed by atoms with van der Waals surface area (Å²) in [6, 6.07) is -0.0533. The normalized spacial score (nSPS) is 28.1. The van der Waals surface area contributed by atoms with Gasteiger partial charge in [-0.05, 0) is 32.1 Å². The van der Waals surface area contributed by atoms with Crippen LogP contribution in [0.1, 0.15) is 43.0 Å². The second kappa shape index (κ2) is 5.48. The number of ether oxygens (including phenoxy) is 1. The van der Waals surface area contributed by atoms with Crippen molar-refractivity contribution in [1.82, 2.24) is 15.1 Å². The number of aliphatic carboxylic acids is 1. The van der Waals surface area contributed by atoms with Crippen molar-refractivity contribution in [2.75, 3.05) is 0 Å². The maximum absolute atomic E-state index is 12.2. The fraction of sp³-hybridized carbons (Fsp3) is 0.643. The summed E-state index contributed by atoms with van der Waals surface area (Å²) in [5.41, 5.74) is 2.21. The van der Waals surface area contributed by atoms with Crippen LogP contribution in [-0.4, -0.2) is 39.0 Å². The molecule has 7 nitrogen and oxygen atoms in total. The monoisotopic (exact) mass is 293 g/mol. The van der Waals surface area contributed by atoms with Gasteiger partial charge in [0.05, 0.1) is 12.2 Å². The highest BCUT2D eigenvalue weighted by Gasteiger charge is 2.36. The topological polar surface area (TPSA) is 93.5 Å². The van der Waals surface area contributed by atoms with E-state index in [0.717, 1.165) is 30.5 Å². The molecule has 1 amide bonds. The van der Waals surface area contributed by atoms with Crippen LogP contribution >= 0.6 is 0 Å². The Morgan fingerprint density at radius 1 is 1.38 bits per heavy atom. The summed E-state index contributed by atoms with van der Waals surface area (Å²) in [6.07, 6.45) is 3.97. The number of nitrogens with one attached hydrogen (secondary N) is 1. The number of carbonyl (C=O) groups is 2. The molecular weight excluding hydrogens is 274 g/mol. The van der Waals surface area contributed by atoms with E-state index in [1.54, 1.807) is 6.20 Å². The van der Waals surface area contributed by atoms with Gasteiger partial charge in [0.2, 0.25) is 5.91 Å². The SMILES string of the molecule is Cn1ncc2c1CCCC2NC(=O)[C@@H]1CC[C@H](C(=O)O)O1. The predicted molar refractivity (Wildman–Crippen MR) is 72.6 cm³/mol. The number of rotatable bonds is 3. The summed E-state index contributed by atoms with van der Waals surface area (Å²) >= 11 is 0. The zero-order valence-electron chi connectivity index (χ0n) is 11.9. The first-order chi connectivity index (χ1) is 10.1. The Labute approximate surface area is 122 Å². The van der Waals surface area contributed by atoms with Crippen molar-refractivity contribution in [1.29, 1.82) is 0 Å². The van der Waals surface area contributed by atoms with Gasteiger partial charge in [0.15, 0.2) is 6.10 Å². The number of aromatic nitrogens is 2. The summed E-state index contributed by atoms with van der Waals surface area (Å²) in [5.74, 6) is -1.22. The van der Waals surface area contributed by atoms with Gasteiger partial charge in [-0.2, -0.15) is 5.10 Å². The minimum atomic E-state index is -1.00. The van der Waals surface area contributed by atoms with Gasteiger partial charge in [-0.15, -0.1) is 0 Å². The summed E-state index contributed by atoms with van der Waals surface area (Å²) < 4.78 is 7.13. The lowest BCUT2D eigenvalue weighted by Crippen LogP contribution is -2.39. The average Bonchev–Trinajstić information content (AvgIpc) is 3.07. The molecule has 2 heterocycles. The molecule has 0 bridgehead atoms. The third-order valence-corrected chi connectivity index (χ3v) is 4.28.